The van der Waals surface area contributed by atoms with E-state index in [1.807, 2.05) is 80.1 Å². The van der Waals surface area contributed by atoms with E-state index < -0.39 is 11.2 Å². The van der Waals surface area contributed by atoms with Gasteiger partial charge in [-0.15, -0.1) is 22.7 Å². The maximum atomic E-state index is 11.8. The molecule has 6 rings (SSSR count). The van der Waals surface area contributed by atoms with Gasteiger partial charge in [0.1, 0.15) is 22.4 Å². The van der Waals surface area contributed by atoms with E-state index in [0.717, 1.165) is 55.4 Å². The molecule has 3 aliphatic rings. The Morgan fingerprint density at radius 1 is 0.613 bits per heavy atom. The van der Waals surface area contributed by atoms with E-state index in [4.69, 9.17) is 28.4 Å². The van der Waals surface area contributed by atoms with Crippen LogP contribution in [0.2, 0.25) is 0 Å². The van der Waals surface area contributed by atoms with Crippen LogP contribution in [0, 0.1) is 0 Å². The van der Waals surface area contributed by atoms with Crippen LogP contribution in [0.4, 0.5) is 0 Å². The van der Waals surface area contributed by atoms with Gasteiger partial charge in [0.2, 0.25) is 0 Å². The molecule has 2 aromatic heterocycles. The summed E-state index contributed by atoms with van der Waals surface area (Å²) in [5, 5.41) is 4.02. The molecule has 0 radical (unpaired) electrons. The number of hydrogen-bond acceptors (Lipinski definition) is 12. The van der Waals surface area contributed by atoms with Crippen LogP contribution in [0.25, 0.3) is 0 Å². The second-order valence-electron chi connectivity index (χ2n) is 16.5. The molecule has 0 spiro atoms. The first-order valence-corrected chi connectivity index (χ1v) is 22.9. The number of carbonyl (C=O) groups excluding carboxylic acids is 4. The number of esters is 4. The van der Waals surface area contributed by atoms with Crippen LogP contribution in [-0.4, -0.2) is 55.9 Å². The minimum Gasteiger partial charge on any atom is -0.456 e. The number of rotatable bonds is 12. The van der Waals surface area contributed by atoms with Crippen LogP contribution in [-0.2, 0) is 64.4 Å². The van der Waals surface area contributed by atoms with Crippen LogP contribution >= 0.6 is 22.7 Å². The lowest BCUT2D eigenvalue weighted by Crippen LogP contribution is -2.38. The Hall–Kier alpha value is -4.62. The molecule has 1 aliphatic carbocycles. The highest BCUT2D eigenvalue weighted by molar-refractivity contribution is 7.10. The number of ether oxygens (including phenoxy) is 6. The summed E-state index contributed by atoms with van der Waals surface area (Å²) in [6.45, 7) is 29.5. The highest BCUT2D eigenvalue weighted by Gasteiger charge is 2.41. The molecular formula is C50H66O10S2. The first kappa shape index (κ1) is 51.7. The van der Waals surface area contributed by atoms with Crippen molar-refractivity contribution in [2.24, 2.45) is 0 Å². The molecule has 0 bridgehead atoms. The molecule has 62 heavy (non-hydrogen) atoms. The van der Waals surface area contributed by atoms with E-state index >= 15 is 0 Å². The zero-order chi connectivity index (χ0) is 46.0. The zero-order valence-electron chi connectivity index (χ0n) is 37.8. The van der Waals surface area contributed by atoms with E-state index in [-0.39, 0.29) is 35.1 Å². The molecule has 3 fully saturated rings. The normalized spacial score (nSPS) is 17.8. The van der Waals surface area contributed by atoms with Crippen molar-refractivity contribution in [1.82, 2.24) is 0 Å². The first-order valence-electron chi connectivity index (χ1n) is 21.2. The van der Waals surface area contributed by atoms with E-state index in [1.54, 1.807) is 50.4 Å². The molecule has 1 saturated carbocycles. The van der Waals surface area contributed by atoms with E-state index in [9.17, 15) is 19.2 Å². The van der Waals surface area contributed by atoms with Gasteiger partial charge in [0, 0.05) is 57.7 Å². The zero-order valence-corrected chi connectivity index (χ0v) is 39.4. The topological polar surface area (TPSA) is 124 Å². The number of benzene rings is 1. The van der Waals surface area contributed by atoms with Crippen LogP contribution in [0.5, 0.6) is 0 Å². The molecule has 1 unspecified atom stereocenters. The van der Waals surface area contributed by atoms with Gasteiger partial charge in [0.25, 0.3) is 0 Å². The molecule has 3 aromatic rings. The molecule has 338 valence electrons. The maximum Gasteiger partial charge on any atom is 0.334 e. The van der Waals surface area contributed by atoms with Crippen molar-refractivity contribution in [1.29, 1.82) is 0 Å². The lowest BCUT2D eigenvalue weighted by molar-refractivity contribution is -0.167. The summed E-state index contributed by atoms with van der Waals surface area (Å²) >= 11 is 3.27. The van der Waals surface area contributed by atoms with Gasteiger partial charge in [-0.1, -0.05) is 75.7 Å². The maximum absolute atomic E-state index is 11.8. The molecule has 12 heteroatoms. The Balaban J connectivity index is 0.000000222. The fourth-order valence-electron chi connectivity index (χ4n) is 6.69. The SMILES string of the molecule is C=C(C)C(=O)OC(C)(CC)c1cccs1.C=C(C)C(=O)OC1(C)CCOCC1.C=C(C)C(=O)OC1(c2ccccc2)CCOCC1.C=C(C)C(=O)OC1(c2cccs2)CCCC1. The Bertz CT molecular complexity index is 1950. The van der Waals surface area contributed by atoms with E-state index in [1.165, 1.54) is 4.88 Å². The molecule has 2 aliphatic heterocycles. The van der Waals surface area contributed by atoms with Crippen molar-refractivity contribution in [2.45, 2.75) is 129 Å². The Morgan fingerprint density at radius 3 is 1.53 bits per heavy atom. The smallest absolute Gasteiger partial charge is 0.334 e. The predicted octanol–water partition coefficient (Wildman–Crippen LogP) is 11.6. The molecule has 1 aromatic carbocycles. The number of hydrogen-bond donors (Lipinski definition) is 0. The van der Waals surface area contributed by atoms with Gasteiger partial charge in [0.05, 0.1) is 26.4 Å². The van der Waals surface area contributed by atoms with Crippen molar-refractivity contribution in [3.63, 3.8) is 0 Å². The highest BCUT2D eigenvalue weighted by Crippen LogP contribution is 2.44. The van der Waals surface area contributed by atoms with Gasteiger partial charge < -0.3 is 28.4 Å². The lowest BCUT2D eigenvalue weighted by Gasteiger charge is -2.37. The Kier molecular flexibility index (Phi) is 20.3. The average molecular weight is 891 g/mol. The Morgan fingerprint density at radius 2 is 1.08 bits per heavy atom. The van der Waals surface area contributed by atoms with Crippen LogP contribution < -0.4 is 0 Å². The van der Waals surface area contributed by atoms with Crippen LogP contribution in [0.15, 0.2) is 114 Å². The van der Waals surface area contributed by atoms with Gasteiger partial charge in [-0.3, -0.25) is 0 Å². The summed E-state index contributed by atoms with van der Waals surface area (Å²) in [7, 11) is 0. The first-order chi connectivity index (χ1) is 29.3. The second-order valence-corrected chi connectivity index (χ2v) is 18.4. The van der Waals surface area contributed by atoms with Crippen molar-refractivity contribution < 1.29 is 47.6 Å². The third kappa shape index (κ3) is 15.3. The predicted molar refractivity (Wildman–Crippen MR) is 247 cm³/mol. The molecule has 0 amide bonds. The van der Waals surface area contributed by atoms with Crippen molar-refractivity contribution in [2.75, 3.05) is 26.4 Å². The van der Waals surface area contributed by atoms with Gasteiger partial charge in [0.15, 0.2) is 0 Å². The van der Waals surface area contributed by atoms with Crippen LogP contribution in [0.1, 0.15) is 122 Å². The number of thiophene rings is 2. The molecule has 0 N–H and O–H groups in total. The number of carbonyl (C=O) groups is 4. The Labute approximate surface area is 377 Å². The van der Waals surface area contributed by atoms with E-state index in [0.29, 0.717) is 61.6 Å². The molecule has 4 heterocycles. The molecule has 2 saturated heterocycles. The average Bonchev–Trinajstić information content (AvgIpc) is 4.08. The molecule has 10 nitrogen and oxygen atoms in total. The van der Waals surface area contributed by atoms with Gasteiger partial charge >= 0.3 is 23.9 Å². The summed E-state index contributed by atoms with van der Waals surface area (Å²) < 4.78 is 32.7. The summed E-state index contributed by atoms with van der Waals surface area (Å²) in [5.41, 5.74) is 1.01. The highest BCUT2D eigenvalue weighted by atomic mass is 32.1. The third-order valence-corrected chi connectivity index (χ3v) is 13.0. The second kappa shape index (κ2) is 24.3. The summed E-state index contributed by atoms with van der Waals surface area (Å²) in [4.78, 5) is 48.5. The van der Waals surface area contributed by atoms with E-state index in [2.05, 4.69) is 32.4 Å². The lowest BCUT2D eigenvalue weighted by atomic mass is 9.86. The van der Waals surface area contributed by atoms with Gasteiger partial charge in [-0.25, -0.2) is 19.2 Å². The summed E-state index contributed by atoms with van der Waals surface area (Å²) in [5.74, 6) is -1.23. The monoisotopic (exact) mass is 890 g/mol. The summed E-state index contributed by atoms with van der Waals surface area (Å²) in [6.07, 6.45) is 7.80. The molecular weight excluding hydrogens is 825 g/mol. The standard InChI is InChI=1S/C15H18O3.C13H16O2S.C12H16O2S.C10H16O3/c1-12(2)14(16)18-15(8-10-17-11-9-15)13-6-4-3-5-7-13;1-10(2)12(14)15-13(7-3-4-8-13)11-6-5-9-16-11;1-5-12(4,10-7-6-8-15-10)14-11(13)9(2)3;1-8(2)9(11)13-10(3)4-6-12-7-5-10/h3-7H,1,8-11H2,2H3;5-6,9H,1,3-4,7-8H2,2H3;6-8H,2,5H2,1,3-4H3;1,4-7H2,2-3H3. The minimum atomic E-state index is -0.560. The van der Waals surface area contributed by atoms with Crippen molar-refractivity contribution in [3.05, 3.63) is 129 Å². The van der Waals surface area contributed by atoms with Crippen molar-refractivity contribution >= 4 is 46.6 Å². The van der Waals surface area contributed by atoms with Gasteiger partial charge in [-0.2, -0.15) is 0 Å². The minimum absolute atomic E-state index is 0.268. The van der Waals surface area contributed by atoms with Crippen LogP contribution in [0.3, 0.4) is 0 Å². The fraction of sp³-hybridized carbons (Fsp3) is 0.480. The third-order valence-electron chi connectivity index (χ3n) is 10.9. The quantitative estimate of drug-likeness (QED) is 0.0986. The van der Waals surface area contributed by atoms with Crippen molar-refractivity contribution in [3.8, 4) is 0 Å². The largest absolute Gasteiger partial charge is 0.456 e. The van der Waals surface area contributed by atoms with Gasteiger partial charge in [-0.05, 0) is 102 Å². The molecule has 1 atom stereocenters. The summed E-state index contributed by atoms with van der Waals surface area (Å²) in [6, 6.07) is 17.9. The fourth-order valence-corrected chi connectivity index (χ4v) is 8.51.